The lowest BCUT2D eigenvalue weighted by Gasteiger charge is -2.17. The summed E-state index contributed by atoms with van der Waals surface area (Å²) in [5.74, 6) is -1.02. The number of ether oxygens (including phenoxy) is 2. The molecule has 0 aromatic carbocycles. The van der Waals surface area contributed by atoms with E-state index in [9.17, 15) is 44.3 Å². The van der Waals surface area contributed by atoms with Crippen LogP contribution in [0.5, 0.6) is 5.75 Å². The number of aromatic hydroxyl groups is 1. The Morgan fingerprint density at radius 1 is 0.773 bits per heavy atom. The largest absolute Gasteiger partial charge is 0.503 e. The van der Waals surface area contributed by atoms with Gasteiger partial charge in [0.2, 0.25) is 0 Å². The van der Waals surface area contributed by atoms with Crippen LogP contribution in [0, 0.1) is 0 Å². The molecule has 0 bridgehead atoms. The summed E-state index contributed by atoms with van der Waals surface area (Å²) in [5, 5.41) is 48.8. The highest BCUT2D eigenvalue weighted by Crippen LogP contribution is 2.39. The van der Waals surface area contributed by atoms with Crippen molar-refractivity contribution in [1.29, 1.82) is 0 Å². The molecule has 2 aromatic heterocycles. The third-order valence-corrected chi connectivity index (χ3v) is 7.51. The first-order valence-corrected chi connectivity index (χ1v) is 15.6. The van der Waals surface area contributed by atoms with E-state index >= 15 is 0 Å². The zero-order valence-electron chi connectivity index (χ0n) is 21.7. The van der Waals surface area contributed by atoms with Crippen molar-refractivity contribution in [1.82, 2.24) is 19.1 Å². The Morgan fingerprint density at radius 3 is 1.57 bits per heavy atom. The molecule has 0 radical (unpaired) electrons. The molecule has 44 heavy (non-hydrogen) atoms. The quantitative estimate of drug-likeness (QED) is 0.114. The predicted molar refractivity (Wildman–Crippen MR) is 143 cm³/mol. The van der Waals surface area contributed by atoms with Crippen LogP contribution in [0.3, 0.4) is 0 Å². The number of aliphatic hydroxyl groups is 4. The Labute approximate surface area is 252 Å². The van der Waals surface area contributed by atoms with Gasteiger partial charge < -0.3 is 66.0 Å². The van der Waals surface area contributed by atoms with E-state index in [0.29, 0.717) is 4.57 Å². The second-order valence-corrected chi connectivity index (χ2v) is 12.4. The third-order valence-electron chi connectivity index (χ3n) is 5.93. The zero-order chi connectivity index (χ0) is 33.3. The minimum absolute atomic E-state index is 0.0596. The highest BCUT2D eigenvalue weighted by atomic mass is 79.9. The number of nitrogen functional groups attached to an aromatic ring is 2. The van der Waals surface area contributed by atoms with Crippen LogP contribution in [0.4, 0.5) is 11.6 Å². The van der Waals surface area contributed by atoms with Crippen molar-refractivity contribution in [2.45, 2.75) is 49.1 Å². The van der Waals surface area contributed by atoms with E-state index in [1.807, 2.05) is 0 Å². The molecule has 0 unspecified atom stereocenters. The van der Waals surface area contributed by atoms with E-state index in [1.165, 1.54) is 6.20 Å². The maximum atomic E-state index is 11.8. The van der Waals surface area contributed by atoms with Crippen molar-refractivity contribution in [2.24, 2.45) is 0 Å². The standard InChI is InChI=1S/C9H13BrN3O8P.C9H14N3O9P/c10-3-1-13(9(16)12-7(3)11)8-6(15)5(14)4(21-8)2-20-22(17,18)19;10-7-3(13)1-12(9(16)11-7)8-6(15)5(14)4(21-8)2-20-22(17,18)19/h1,4-6,8,14-15H,2H2,(H2,11,12,16)(H2,17,18,19);1,4-6,8,13-15H,2H2,(H2,10,11,16)(H2,17,18,19)/t2*4-,5-,6-,8-/m11/s1. The summed E-state index contributed by atoms with van der Waals surface area (Å²) < 4.78 is 41.9. The fourth-order valence-electron chi connectivity index (χ4n) is 3.83. The maximum absolute atomic E-state index is 11.8. The number of nitrogens with two attached hydrogens (primary N) is 2. The molecule has 2 aliphatic rings. The van der Waals surface area contributed by atoms with Gasteiger partial charge in [-0.25, -0.2) is 18.7 Å². The molecule has 2 aliphatic heterocycles. The van der Waals surface area contributed by atoms with E-state index in [4.69, 9.17) is 40.5 Å². The van der Waals surface area contributed by atoms with Crippen LogP contribution < -0.4 is 22.8 Å². The van der Waals surface area contributed by atoms with Crippen LogP contribution in [-0.2, 0) is 27.7 Å². The molecular formula is C18H27BrN6O17P2. The number of phosphoric acid groups is 2. The third kappa shape index (κ3) is 8.87. The number of rotatable bonds is 8. The van der Waals surface area contributed by atoms with Crippen molar-refractivity contribution >= 4 is 43.2 Å². The first-order chi connectivity index (χ1) is 20.2. The van der Waals surface area contributed by atoms with Crippen LogP contribution in [0.1, 0.15) is 12.5 Å². The van der Waals surface area contributed by atoms with Gasteiger partial charge in [-0.2, -0.15) is 9.97 Å². The molecule has 4 heterocycles. The predicted octanol–water partition coefficient (Wildman–Crippen LogP) is -4.42. The van der Waals surface area contributed by atoms with Crippen LogP contribution in [0.25, 0.3) is 0 Å². The fraction of sp³-hybridized carbons (Fsp3) is 0.556. The second kappa shape index (κ2) is 13.9. The van der Waals surface area contributed by atoms with Gasteiger partial charge in [-0.3, -0.25) is 18.2 Å². The minimum Gasteiger partial charge on any atom is -0.503 e. The summed E-state index contributed by atoms with van der Waals surface area (Å²) in [6, 6.07) is 0. The van der Waals surface area contributed by atoms with Gasteiger partial charge in [0, 0.05) is 6.20 Å². The van der Waals surface area contributed by atoms with Gasteiger partial charge in [0.15, 0.2) is 24.0 Å². The lowest BCUT2D eigenvalue weighted by atomic mass is 10.1. The molecule has 4 rings (SSSR count). The summed E-state index contributed by atoms with van der Waals surface area (Å²) in [6.07, 6.45) is -9.45. The summed E-state index contributed by atoms with van der Waals surface area (Å²) in [5.41, 5.74) is 8.90. The molecule has 0 amide bonds. The SMILES string of the molecule is Nc1nc(=O)n([C@@H]2O[C@H](COP(=O)(O)O)[C@@H](O)[C@H]2O)cc1Br.Nc1nc(=O)n([C@@H]2O[C@H](COP(=O)(O)O)[C@@H](O)[C@H]2O)cc1O. The highest BCUT2D eigenvalue weighted by molar-refractivity contribution is 9.10. The maximum Gasteiger partial charge on any atom is 0.469 e. The van der Waals surface area contributed by atoms with Gasteiger partial charge in [-0.05, 0) is 15.9 Å². The van der Waals surface area contributed by atoms with Crippen LogP contribution in [0.2, 0.25) is 0 Å². The molecule has 248 valence electrons. The lowest BCUT2D eigenvalue weighted by molar-refractivity contribution is -0.0544. The summed E-state index contributed by atoms with van der Waals surface area (Å²) >= 11 is 3.06. The lowest BCUT2D eigenvalue weighted by Crippen LogP contribution is -2.36. The summed E-state index contributed by atoms with van der Waals surface area (Å²) in [4.78, 5) is 64.7. The van der Waals surface area contributed by atoms with E-state index in [1.54, 1.807) is 0 Å². The number of hydrogen-bond donors (Lipinski definition) is 11. The molecule has 2 aromatic rings. The molecule has 2 saturated heterocycles. The van der Waals surface area contributed by atoms with Gasteiger partial charge >= 0.3 is 27.0 Å². The van der Waals surface area contributed by atoms with Crippen molar-refractivity contribution < 1.29 is 72.8 Å². The first kappa shape index (κ1) is 36.1. The first-order valence-electron chi connectivity index (χ1n) is 11.7. The number of aromatic nitrogens is 4. The van der Waals surface area contributed by atoms with Gasteiger partial charge in [-0.1, -0.05) is 0 Å². The van der Waals surface area contributed by atoms with E-state index in [-0.39, 0.29) is 10.3 Å². The number of nitrogens with zero attached hydrogens (tertiary/aromatic N) is 4. The molecule has 26 heteroatoms. The van der Waals surface area contributed by atoms with Crippen LogP contribution in [0.15, 0.2) is 26.5 Å². The zero-order valence-corrected chi connectivity index (χ0v) is 25.1. The Kier molecular flexibility index (Phi) is 11.4. The van der Waals surface area contributed by atoms with Gasteiger partial charge in [-0.15, -0.1) is 0 Å². The van der Waals surface area contributed by atoms with Crippen molar-refractivity contribution in [2.75, 3.05) is 24.7 Å². The van der Waals surface area contributed by atoms with Gasteiger partial charge in [0.1, 0.15) is 42.4 Å². The average molecular weight is 741 g/mol. The van der Waals surface area contributed by atoms with E-state index < -0.39 is 101 Å². The molecule has 8 atom stereocenters. The molecule has 23 nitrogen and oxygen atoms in total. The van der Waals surface area contributed by atoms with Crippen LogP contribution in [-0.4, -0.2) is 114 Å². The minimum atomic E-state index is -4.79. The van der Waals surface area contributed by atoms with Crippen molar-refractivity contribution in [3.05, 3.63) is 37.8 Å². The normalized spacial score (nSPS) is 28.9. The Bertz CT molecular complexity index is 1440. The number of hydrogen-bond acceptors (Lipinski definition) is 17. The number of aliphatic hydroxyl groups excluding tert-OH is 4. The summed E-state index contributed by atoms with van der Waals surface area (Å²) in [6.45, 7) is -1.39. The van der Waals surface area contributed by atoms with Gasteiger partial charge in [0.25, 0.3) is 0 Å². The molecule has 0 aliphatic carbocycles. The second-order valence-electron chi connectivity index (χ2n) is 9.03. The topological polar surface area (TPSA) is 375 Å². The van der Waals surface area contributed by atoms with Crippen molar-refractivity contribution in [3.63, 3.8) is 0 Å². The van der Waals surface area contributed by atoms with E-state index in [0.717, 1.165) is 10.8 Å². The highest BCUT2D eigenvalue weighted by Gasteiger charge is 2.46. The average Bonchev–Trinajstić information content (AvgIpc) is 3.35. The number of anilines is 2. The fourth-order valence-corrected chi connectivity index (χ4v) is 4.82. The van der Waals surface area contributed by atoms with Gasteiger partial charge in [0.05, 0.1) is 23.9 Å². The molecule has 0 saturated carbocycles. The summed E-state index contributed by atoms with van der Waals surface area (Å²) in [7, 11) is -9.55. The molecule has 13 N–H and O–H groups in total. The van der Waals surface area contributed by atoms with Crippen molar-refractivity contribution in [3.8, 4) is 5.75 Å². The van der Waals surface area contributed by atoms with Crippen LogP contribution >= 0.6 is 31.6 Å². The Hall–Kier alpha value is -2.38. The number of phosphoric ester groups is 2. The molecular weight excluding hydrogens is 714 g/mol. The Morgan fingerprint density at radius 2 is 1.16 bits per heavy atom. The monoisotopic (exact) mass is 740 g/mol. The Balaban J connectivity index is 0.000000240. The number of halogens is 1. The van der Waals surface area contributed by atoms with E-state index in [2.05, 4.69) is 34.9 Å². The molecule has 0 spiro atoms. The molecule has 2 fully saturated rings. The smallest absolute Gasteiger partial charge is 0.469 e.